The Morgan fingerprint density at radius 1 is 0.236 bits per heavy atom. The highest BCUT2D eigenvalue weighted by Gasteiger charge is 2.54. The van der Waals surface area contributed by atoms with E-state index in [9.17, 15) is 0 Å². The van der Waals surface area contributed by atoms with Gasteiger partial charge < -0.3 is 4.42 Å². The molecule has 0 unspecified atom stereocenters. The molecule has 15 aromatic rings. The summed E-state index contributed by atoms with van der Waals surface area (Å²) in [7, 11) is 0. The molecule has 17 rings (SSSR count). The van der Waals surface area contributed by atoms with Gasteiger partial charge in [0.25, 0.3) is 0 Å². The minimum Gasteiger partial charge on any atom is -0.456 e. The highest BCUT2D eigenvalue weighted by Crippen LogP contribution is 2.68. The fraction of sp³-hybridized carbons (Fsp3) is 0.0141. The van der Waals surface area contributed by atoms with Gasteiger partial charge in [-0.2, -0.15) is 0 Å². The maximum atomic E-state index is 6.52. The zero-order chi connectivity index (χ0) is 46.8. The first-order valence-corrected chi connectivity index (χ1v) is 25.2. The van der Waals surface area contributed by atoms with Gasteiger partial charge in [-0.05, 0) is 173 Å². The Morgan fingerprint density at radius 3 is 1.17 bits per heavy atom. The van der Waals surface area contributed by atoms with Crippen molar-refractivity contribution in [1.29, 1.82) is 0 Å². The predicted octanol–water partition coefficient (Wildman–Crippen LogP) is 19.3. The number of hydrogen-bond donors (Lipinski definition) is 0. The molecule has 0 amide bonds. The zero-order valence-corrected chi connectivity index (χ0v) is 39.0. The van der Waals surface area contributed by atoms with E-state index in [-0.39, 0.29) is 0 Å². The zero-order valence-electron chi connectivity index (χ0n) is 39.0. The van der Waals surface area contributed by atoms with Crippen LogP contribution in [0.1, 0.15) is 22.3 Å². The molecule has 0 radical (unpaired) electrons. The molecule has 1 heteroatoms. The first-order chi connectivity index (χ1) is 35.7. The molecule has 0 saturated heterocycles. The van der Waals surface area contributed by atoms with Crippen molar-refractivity contribution in [3.63, 3.8) is 0 Å². The van der Waals surface area contributed by atoms with Crippen molar-refractivity contribution in [3.8, 4) is 44.5 Å². The molecule has 0 bridgehead atoms. The summed E-state index contributed by atoms with van der Waals surface area (Å²) in [5, 5.41) is 19.9. The highest BCUT2D eigenvalue weighted by atomic mass is 16.3. The summed E-state index contributed by atoms with van der Waals surface area (Å²) in [4.78, 5) is 0. The third-order valence-corrected chi connectivity index (χ3v) is 16.8. The van der Waals surface area contributed by atoms with E-state index in [1.807, 2.05) is 0 Å². The van der Waals surface area contributed by atoms with Crippen molar-refractivity contribution < 1.29 is 4.42 Å². The summed E-state index contributed by atoms with van der Waals surface area (Å²) in [5.74, 6) is 0. The summed E-state index contributed by atoms with van der Waals surface area (Å²) in [5.41, 5.74) is 17.0. The highest BCUT2D eigenvalue weighted by molar-refractivity contribution is 6.29. The SMILES string of the molecule is c1ccc2c(c1)-c1ccccc1C21c2c(c3ccccc3c3ccccc23)-c2c1c1ccc(-c3c4ccccc4c(-c4ccc5oc6cc7ccccc7cc6c5c4)c4ccccc34)cc1c1ccccc21. The maximum absolute atomic E-state index is 6.52. The van der Waals surface area contributed by atoms with Gasteiger partial charge in [0.15, 0.2) is 0 Å². The molecule has 1 spiro atoms. The second-order valence-electron chi connectivity index (χ2n) is 20.1. The number of furan rings is 1. The van der Waals surface area contributed by atoms with Gasteiger partial charge in [0.2, 0.25) is 0 Å². The first kappa shape index (κ1) is 38.5. The van der Waals surface area contributed by atoms with E-state index in [1.165, 1.54) is 142 Å². The van der Waals surface area contributed by atoms with Crippen molar-refractivity contribution in [1.82, 2.24) is 0 Å². The maximum Gasteiger partial charge on any atom is 0.136 e. The quantitative estimate of drug-likeness (QED) is 0.124. The lowest BCUT2D eigenvalue weighted by atomic mass is 9.67. The standard InChI is InChI=1S/C71H40O/c1-2-18-42-40-64-60(37-41(42)17-1)59-39-44(34-36-63(59)72-64)66-54-28-10-8-26-52(54)65(53-27-9-11-29-55(53)66)43-33-35-57-58(38-43)47-21-4-7-25-51(47)68-67-50-24-6-3-19-45(50)46-20-5-12-30-56(46)69(67)71(70(57)68)61-31-15-13-22-48(61)49-23-14-16-32-62(49)71/h1-40H. The Hall–Kier alpha value is -9.30. The molecule has 2 aliphatic carbocycles. The molecule has 0 N–H and O–H groups in total. The average molecular weight is 909 g/mol. The Balaban J connectivity index is 0.980. The molecule has 14 aromatic carbocycles. The van der Waals surface area contributed by atoms with E-state index in [2.05, 4.69) is 243 Å². The fourth-order valence-electron chi connectivity index (χ4n) is 14.1. The third-order valence-electron chi connectivity index (χ3n) is 16.8. The Kier molecular flexibility index (Phi) is 7.46. The van der Waals surface area contributed by atoms with Crippen LogP contribution < -0.4 is 0 Å². The molecule has 72 heavy (non-hydrogen) atoms. The van der Waals surface area contributed by atoms with Crippen LogP contribution in [0.3, 0.4) is 0 Å². The van der Waals surface area contributed by atoms with Crippen LogP contribution in [0, 0.1) is 0 Å². The number of hydrogen-bond acceptors (Lipinski definition) is 1. The minimum absolute atomic E-state index is 0.569. The van der Waals surface area contributed by atoms with Gasteiger partial charge in [0.1, 0.15) is 11.2 Å². The smallest absolute Gasteiger partial charge is 0.136 e. The molecule has 0 fully saturated rings. The van der Waals surface area contributed by atoms with Crippen LogP contribution >= 0.6 is 0 Å². The van der Waals surface area contributed by atoms with E-state index in [4.69, 9.17) is 4.42 Å². The van der Waals surface area contributed by atoms with E-state index in [0.29, 0.717) is 0 Å². The number of fused-ring (bicyclic) bond motifs is 26. The van der Waals surface area contributed by atoms with Crippen LogP contribution in [-0.4, -0.2) is 0 Å². The van der Waals surface area contributed by atoms with Gasteiger partial charge in [-0.15, -0.1) is 0 Å². The predicted molar refractivity (Wildman–Crippen MR) is 303 cm³/mol. The summed E-state index contributed by atoms with van der Waals surface area (Å²) >= 11 is 0. The van der Waals surface area contributed by atoms with Crippen LogP contribution in [0.2, 0.25) is 0 Å². The third kappa shape index (κ3) is 4.78. The molecular formula is C71H40O. The second-order valence-corrected chi connectivity index (χ2v) is 20.1. The lowest BCUT2D eigenvalue weighted by molar-refractivity contribution is 0.669. The van der Waals surface area contributed by atoms with Gasteiger partial charge in [-0.1, -0.05) is 212 Å². The Bertz CT molecular complexity index is 4830. The van der Waals surface area contributed by atoms with Crippen LogP contribution in [0.5, 0.6) is 0 Å². The fourth-order valence-corrected chi connectivity index (χ4v) is 14.1. The van der Waals surface area contributed by atoms with Crippen molar-refractivity contribution >= 4 is 97.3 Å². The second kappa shape index (κ2) is 13.9. The number of rotatable bonds is 2. The topological polar surface area (TPSA) is 13.1 Å². The largest absolute Gasteiger partial charge is 0.456 e. The molecule has 330 valence electrons. The average Bonchev–Trinajstić information content (AvgIpc) is 4.08. The van der Waals surface area contributed by atoms with Crippen molar-refractivity contribution in [3.05, 3.63) is 265 Å². The van der Waals surface area contributed by atoms with Gasteiger partial charge in [-0.3, -0.25) is 0 Å². The van der Waals surface area contributed by atoms with Gasteiger partial charge >= 0.3 is 0 Å². The first-order valence-electron chi connectivity index (χ1n) is 25.2. The lowest BCUT2D eigenvalue weighted by Crippen LogP contribution is -2.26. The molecule has 0 aliphatic heterocycles. The molecule has 1 heterocycles. The summed E-state index contributed by atoms with van der Waals surface area (Å²) in [6.07, 6.45) is 0. The Morgan fingerprint density at radius 2 is 0.611 bits per heavy atom. The monoisotopic (exact) mass is 908 g/mol. The summed E-state index contributed by atoms with van der Waals surface area (Å²) in [6, 6.07) is 91.3. The summed E-state index contributed by atoms with van der Waals surface area (Å²) in [6.45, 7) is 0. The van der Waals surface area contributed by atoms with E-state index >= 15 is 0 Å². The molecular weight excluding hydrogens is 869 g/mol. The molecule has 1 aromatic heterocycles. The lowest BCUT2D eigenvalue weighted by Gasteiger charge is -2.33. The van der Waals surface area contributed by atoms with Gasteiger partial charge in [-0.25, -0.2) is 0 Å². The summed E-state index contributed by atoms with van der Waals surface area (Å²) < 4.78 is 6.52. The molecule has 2 aliphatic rings. The van der Waals surface area contributed by atoms with Crippen molar-refractivity contribution in [2.24, 2.45) is 0 Å². The Labute approximate surface area is 414 Å². The van der Waals surface area contributed by atoms with E-state index in [0.717, 1.165) is 21.9 Å². The van der Waals surface area contributed by atoms with Crippen LogP contribution in [0.15, 0.2) is 247 Å². The number of benzene rings is 14. The normalized spacial score (nSPS) is 13.4. The van der Waals surface area contributed by atoms with E-state index < -0.39 is 5.41 Å². The molecule has 0 saturated carbocycles. The van der Waals surface area contributed by atoms with Crippen molar-refractivity contribution in [2.45, 2.75) is 5.41 Å². The van der Waals surface area contributed by atoms with Gasteiger partial charge in [0, 0.05) is 10.8 Å². The van der Waals surface area contributed by atoms with E-state index in [1.54, 1.807) is 0 Å². The van der Waals surface area contributed by atoms with Crippen LogP contribution in [-0.2, 0) is 5.41 Å². The molecule has 0 atom stereocenters. The van der Waals surface area contributed by atoms with Crippen molar-refractivity contribution in [2.75, 3.05) is 0 Å². The molecule has 1 nitrogen and oxygen atoms in total. The van der Waals surface area contributed by atoms with Crippen LogP contribution in [0.4, 0.5) is 0 Å². The van der Waals surface area contributed by atoms with Gasteiger partial charge in [0.05, 0.1) is 5.41 Å². The minimum atomic E-state index is -0.569. The van der Waals surface area contributed by atoms with Crippen LogP contribution in [0.25, 0.3) is 142 Å².